The summed E-state index contributed by atoms with van der Waals surface area (Å²) in [6.07, 6.45) is 1.56. The van der Waals surface area contributed by atoms with Gasteiger partial charge < -0.3 is 14.6 Å². The molecule has 5 rings (SSSR count). The van der Waals surface area contributed by atoms with Crippen LogP contribution in [0.1, 0.15) is 22.2 Å². The number of thiophene rings is 1. The van der Waals surface area contributed by atoms with E-state index in [4.69, 9.17) is 4.42 Å². The van der Waals surface area contributed by atoms with Crippen molar-refractivity contribution in [2.75, 3.05) is 0 Å². The number of amides is 2. The lowest BCUT2D eigenvalue weighted by Gasteiger charge is -2.31. The fraction of sp³-hybridized carbons (Fsp3) is 0.154. The Labute approximate surface area is 205 Å². The molecule has 5 aromatic rings. The maximum Gasteiger partial charge on any atom is 0.247 e. The van der Waals surface area contributed by atoms with E-state index in [2.05, 4.69) is 15.6 Å². The van der Waals surface area contributed by atoms with Crippen molar-refractivity contribution in [3.63, 3.8) is 0 Å². The summed E-state index contributed by atoms with van der Waals surface area (Å²) < 4.78 is 6.93. The monoisotopic (exact) mass is 485 g/mol. The fourth-order valence-electron chi connectivity index (χ4n) is 3.94. The van der Waals surface area contributed by atoms with Crippen LogP contribution < -0.4 is 5.32 Å². The Morgan fingerprint density at radius 3 is 2.60 bits per heavy atom. The third-order valence-electron chi connectivity index (χ3n) is 5.62. The average molecular weight is 486 g/mol. The second-order valence-corrected chi connectivity index (χ2v) is 8.98. The van der Waals surface area contributed by atoms with Gasteiger partial charge in [0, 0.05) is 4.88 Å². The number of fused-ring (bicyclic) bond motifs is 1. The van der Waals surface area contributed by atoms with E-state index in [1.807, 2.05) is 72.1 Å². The first kappa shape index (κ1) is 22.5. The number of rotatable bonds is 9. The molecular formula is C26H23N5O3S. The lowest BCUT2D eigenvalue weighted by atomic mass is 10.0. The zero-order chi connectivity index (χ0) is 24.0. The molecule has 0 fully saturated rings. The van der Waals surface area contributed by atoms with Crippen molar-refractivity contribution >= 4 is 34.2 Å². The van der Waals surface area contributed by atoms with Crippen LogP contribution in [0.25, 0.3) is 11.0 Å². The summed E-state index contributed by atoms with van der Waals surface area (Å²) in [5, 5.41) is 13.2. The van der Waals surface area contributed by atoms with Crippen LogP contribution >= 0.6 is 11.3 Å². The average Bonchev–Trinajstić information content (AvgIpc) is 3.66. The lowest BCUT2D eigenvalue weighted by Crippen LogP contribution is -2.44. The molecule has 176 valence electrons. The van der Waals surface area contributed by atoms with Gasteiger partial charge in [-0.1, -0.05) is 53.7 Å². The van der Waals surface area contributed by atoms with Crippen LogP contribution in [0.4, 0.5) is 0 Å². The Kier molecular flexibility index (Phi) is 6.67. The number of nitrogens with zero attached hydrogens (tertiary/aromatic N) is 4. The van der Waals surface area contributed by atoms with E-state index in [9.17, 15) is 9.59 Å². The van der Waals surface area contributed by atoms with E-state index in [1.165, 1.54) is 11.3 Å². The molecule has 0 spiro atoms. The minimum absolute atomic E-state index is 0.0410. The number of aromatic nitrogens is 3. The zero-order valence-corrected chi connectivity index (χ0v) is 19.6. The van der Waals surface area contributed by atoms with Crippen LogP contribution in [0.3, 0.4) is 0 Å². The Balaban J connectivity index is 1.48. The van der Waals surface area contributed by atoms with Crippen molar-refractivity contribution in [1.82, 2.24) is 25.2 Å². The molecule has 2 amide bonds. The van der Waals surface area contributed by atoms with Crippen molar-refractivity contribution in [1.29, 1.82) is 0 Å². The highest BCUT2D eigenvalue weighted by Crippen LogP contribution is 2.26. The van der Waals surface area contributed by atoms with Gasteiger partial charge in [-0.25, -0.2) is 4.68 Å². The molecule has 1 atom stereocenters. The summed E-state index contributed by atoms with van der Waals surface area (Å²) in [4.78, 5) is 29.9. The molecule has 3 aromatic heterocycles. The van der Waals surface area contributed by atoms with Crippen LogP contribution in [0.5, 0.6) is 0 Å². The summed E-state index contributed by atoms with van der Waals surface area (Å²) in [5.41, 5.74) is 2.19. The highest BCUT2D eigenvalue weighted by atomic mass is 32.1. The summed E-state index contributed by atoms with van der Waals surface area (Å²) in [7, 11) is 0. The number of benzene rings is 2. The number of furan rings is 1. The number of carbonyl (C=O) groups is 2. The van der Waals surface area contributed by atoms with Crippen LogP contribution in [-0.4, -0.2) is 31.7 Å². The second kappa shape index (κ2) is 10.4. The largest absolute Gasteiger partial charge is 0.467 e. The van der Waals surface area contributed by atoms with Gasteiger partial charge in [0.2, 0.25) is 11.8 Å². The first-order valence-electron chi connectivity index (χ1n) is 11.1. The third-order valence-corrected chi connectivity index (χ3v) is 6.49. The SMILES string of the molecule is O=C(NCc1ccco1)[C@@H](c1ccccc1)N(Cc1cccs1)C(=O)Cn1nnc2ccccc21. The van der Waals surface area contributed by atoms with Gasteiger partial charge >= 0.3 is 0 Å². The third kappa shape index (κ3) is 5.15. The Bertz CT molecular complexity index is 1400. The molecule has 0 radical (unpaired) electrons. The van der Waals surface area contributed by atoms with Gasteiger partial charge in [0.1, 0.15) is 23.9 Å². The van der Waals surface area contributed by atoms with Crippen molar-refractivity contribution in [3.8, 4) is 0 Å². The highest BCUT2D eigenvalue weighted by Gasteiger charge is 2.32. The molecule has 9 heteroatoms. The molecule has 0 saturated carbocycles. The molecule has 0 bridgehead atoms. The number of hydrogen-bond donors (Lipinski definition) is 1. The number of carbonyl (C=O) groups excluding carboxylic acids is 2. The lowest BCUT2D eigenvalue weighted by molar-refractivity contribution is -0.142. The minimum Gasteiger partial charge on any atom is -0.467 e. The summed E-state index contributed by atoms with van der Waals surface area (Å²) in [6.45, 7) is 0.474. The van der Waals surface area contributed by atoms with E-state index in [0.717, 1.165) is 16.0 Å². The quantitative estimate of drug-likeness (QED) is 0.338. The summed E-state index contributed by atoms with van der Waals surface area (Å²) in [6, 6.07) is 23.4. The molecule has 2 aromatic carbocycles. The Morgan fingerprint density at radius 1 is 1.00 bits per heavy atom. The molecule has 3 heterocycles. The Morgan fingerprint density at radius 2 is 1.83 bits per heavy atom. The van der Waals surface area contributed by atoms with Gasteiger partial charge in [0.15, 0.2) is 0 Å². The normalized spacial score (nSPS) is 11.9. The van der Waals surface area contributed by atoms with Gasteiger partial charge in [-0.15, -0.1) is 16.4 Å². The predicted molar refractivity (Wildman–Crippen MR) is 132 cm³/mol. The standard InChI is InChI=1S/C26H23N5O3S/c32-24(18-31-23-13-5-4-12-22(23)28-29-31)30(17-21-11-7-15-35-21)25(19-8-2-1-3-9-19)26(33)27-16-20-10-6-14-34-20/h1-15,25H,16-18H2,(H,27,33)/t25-/m1/s1. The van der Waals surface area contributed by atoms with Crippen molar-refractivity contribution in [2.45, 2.75) is 25.7 Å². The van der Waals surface area contributed by atoms with Crippen LogP contribution in [0.15, 0.2) is 94.9 Å². The van der Waals surface area contributed by atoms with Crippen LogP contribution in [0.2, 0.25) is 0 Å². The second-order valence-electron chi connectivity index (χ2n) is 7.95. The van der Waals surface area contributed by atoms with Gasteiger partial charge in [-0.05, 0) is 41.3 Å². The van der Waals surface area contributed by atoms with E-state index in [-0.39, 0.29) is 31.4 Å². The fourth-order valence-corrected chi connectivity index (χ4v) is 4.64. The maximum atomic E-state index is 13.8. The molecule has 0 aliphatic heterocycles. The molecule has 0 aliphatic carbocycles. The zero-order valence-electron chi connectivity index (χ0n) is 18.8. The van der Waals surface area contributed by atoms with Gasteiger partial charge in [0.25, 0.3) is 0 Å². The van der Waals surface area contributed by atoms with Gasteiger partial charge in [-0.3, -0.25) is 9.59 Å². The number of para-hydroxylation sites is 1. The van der Waals surface area contributed by atoms with Crippen LogP contribution in [0, 0.1) is 0 Å². The number of nitrogens with one attached hydrogen (secondary N) is 1. The van der Waals surface area contributed by atoms with Crippen molar-refractivity contribution < 1.29 is 14.0 Å². The molecule has 8 nitrogen and oxygen atoms in total. The molecular weight excluding hydrogens is 462 g/mol. The van der Waals surface area contributed by atoms with E-state index in [1.54, 1.807) is 28.0 Å². The minimum atomic E-state index is -0.837. The highest BCUT2D eigenvalue weighted by molar-refractivity contribution is 7.09. The van der Waals surface area contributed by atoms with E-state index in [0.29, 0.717) is 11.3 Å². The van der Waals surface area contributed by atoms with Gasteiger partial charge in [0.05, 0.1) is 24.9 Å². The van der Waals surface area contributed by atoms with Gasteiger partial charge in [-0.2, -0.15) is 0 Å². The number of hydrogen-bond acceptors (Lipinski definition) is 6. The molecule has 0 saturated heterocycles. The van der Waals surface area contributed by atoms with Crippen molar-refractivity contribution in [3.05, 3.63) is 107 Å². The molecule has 1 N–H and O–H groups in total. The van der Waals surface area contributed by atoms with Crippen LogP contribution in [-0.2, 0) is 29.2 Å². The maximum absolute atomic E-state index is 13.8. The smallest absolute Gasteiger partial charge is 0.247 e. The topological polar surface area (TPSA) is 93.3 Å². The van der Waals surface area contributed by atoms with Crippen molar-refractivity contribution in [2.24, 2.45) is 0 Å². The molecule has 0 unspecified atom stereocenters. The predicted octanol–water partition coefficient (Wildman–Crippen LogP) is 4.17. The Hall–Kier alpha value is -4.24. The first-order chi connectivity index (χ1) is 17.2. The van der Waals surface area contributed by atoms with E-state index < -0.39 is 6.04 Å². The molecule has 35 heavy (non-hydrogen) atoms. The summed E-state index contributed by atoms with van der Waals surface area (Å²) >= 11 is 1.54. The van der Waals surface area contributed by atoms with E-state index >= 15 is 0 Å². The summed E-state index contributed by atoms with van der Waals surface area (Å²) in [5.74, 6) is 0.104. The molecule has 0 aliphatic rings. The first-order valence-corrected chi connectivity index (χ1v) is 12.0.